The van der Waals surface area contributed by atoms with Gasteiger partial charge in [0.15, 0.2) is 0 Å². The first-order valence-electron chi connectivity index (χ1n) is 5.02. The lowest BCUT2D eigenvalue weighted by Gasteiger charge is -2.07. The molecule has 0 N–H and O–H groups in total. The average molecular weight is 281 g/mol. The number of nitrogens with zero attached hydrogens (tertiary/aromatic N) is 2. The van der Waals surface area contributed by atoms with Gasteiger partial charge in [0.1, 0.15) is 12.4 Å². The molecule has 0 aliphatic carbocycles. The third kappa shape index (κ3) is 2.44. The van der Waals surface area contributed by atoms with E-state index in [1.54, 1.807) is 10.9 Å². The molecule has 0 radical (unpaired) electrons. The normalized spacial score (nSPS) is 10.4. The van der Waals surface area contributed by atoms with Crippen LogP contribution in [0.2, 0.25) is 0 Å². The molecule has 2 rings (SSSR count). The van der Waals surface area contributed by atoms with Gasteiger partial charge in [0, 0.05) is 7.05 Å². The molecular formula is C12H13BrN2O. The molecular weight excluding hydrogens is 268 g/mol. The second-order valence-corrected chi connectivity index (χ2v) is 4.52. The van der Waals surface area contributed by atoms with Crippen LogP contribution >= 0.6 is 15.9 Å². The highest BCUT2D eigenvalue weighted by molar-refractivity contribution is 9.10. The number of benzene rings is 1. The fraction of sp³-hybridized carbons (Fsp3) is 0.250. The van der Waals surface area contributed by atoms with Crippen LogP contribution in [0.3, 0.4) is 0 Å². The molecule has 0 saturated heterocycles. The van der Waals surface area contributed by atoms with Crippen LogP contribution in [0.15, 0.2) is 34.9 Å². The molecule has 1 aromatic carbocycles. The smallest absolute Gasteiger partial charge is 0.131 e. The minimum atomic E-state index is 0.514. The Balaban J connectivity index is 2.05. The Morgan fingerprint density at radius 3 is 2.56 bits per heavy atom. The molecule has 1 aromatic heterocycles. The van der Waals surface area contributed by atoms with E-state index < -0.39 is 0 Å². The minimum absolute atomic E-state index is 0.514. The molecule has 16 heavy (non-hydrogen) atoms. The Hall–Kier alpha value is -1.29. The fourth-order valence-electron chi connectivity index (χ4n) is 1.38. The van der Waals surface area contributed by atoms with Gasteiger partial charge in [0.2, 0.25) is 0 Å². The zero-order valence-electron chi connectivity index (χ0n) is 9.27. The second-order valence-electron chi connectivity index (χ2n) is 3.66. The Kier molecular flexibility index (Phi) is 3.29. The maximum absolute atomic E-state index is 5.68. The predicted octanol–water partition coefficient (Wildman–Crippen LogP) is 3.07. The number of ether oxygens (including phenoxy) is 1. The Labute approximate surface area is 103 Å². The van der Waals surface area contributed by atoms with Gasteiger partial charge in [-0.15, -0.1) is 0 Å². The highest BCUT2D eigenvalue weighted by Gasteiger charge is 2.06. The van der Waals surface area contributed by atoms with Crippen LogP contribution in [-0.2, 0) is 13.7 Å². The summed E-state index contributed by atoms with van der Waals surface area (Å²) in [5, 5.41) is 4.13. The molecule has 0 atom stereocenters. The lowest BCUT2D eigenvalue weighted by molar-refractivity contribution is 0.294. The topological polar surface area (TPSA) is 27.1 Å². The third-order valence-corrected chi connectivity index (χ3v) is 3.07. The van der Waals surface area contributed by atoms with E-state index in [0.29, 0.717) is 6.61 Å². The van der Waals surface area contributed by atoms with Crippen LogP contribution in [0.5, 0.6) is 5.75 Å². The maximum Gasteiger partial charge on any atom is 0.131 e. The molecule has 0 saturated carbocycles. The third-order valence-electron chi connectivity index (χ3n) is 2.41. The number of rotatable bonds is 3. The van der Waals surface area contributed by atoms with E-state index in [1.165, 1.54) is 5.56 Å². The van der Waals surface area contributed by atoms with Crippen molar-refractivity contribution in [3.8, 4) is 5.75 Å². The van der Waals surface area contributed by atoms with E-state index in [4.69, 9.17) is 4.74 Å². The Morgan fingerprint density at radius 1 is 1.31 bits per heavy atom. The highest BCUT2D eigenvalue weighted by atomic mass is 79.9. The number of hydrogen-bond acceptors (Lipinski definition) is 2. The summed E-state index contributed by atoms with van der Waals surface area (Å²) in [5.41, 5.74) is 2.26. The first kappa shape index (κ1) is 11.2. The van der Waals surface area contributed by atoms with Gasteiger partial charge in [0.25, 0.3) is 0 Å². The number of hydrogen-bond donors (Lipinski definition) is 0. The van der Waals surface area contributed by atoms with Gasteiger partial charge in [-0.2, -0.15) is 5.10 Å². The lowest BCUT2D eigenvalue weighted by Crippen LogP contribution is -2.03. The summed E-state index contributed by atoms with van der Waals surface area (Å²) in [6.07, 6.45) is 1.77. The highest BCUT2D eigenvalue weighted by Crippen LogP contribution is 2.18. The van der Waals surface area contributed by atoms with Crippen LogP contribution in [0.1, 0.15) is 11.3 Å². The van der Waals surface area contributed by atoms with E-state index in [9.17, 15) is 0 Å². The van der Waals surface area contributed by atoms with Crippen molar-refractivity contribution in [2.75, 3.05) is 0 Å². The van der Waals surface area contributed by atoms with Crippen molar-refractivity contribution >= 4 is 15.9 Å². The van der Waals surface area contributed by atoms with Crippen LogP contribution < -0.4 is 4.74 Å². The van der Waals surface area contributed by atoms with Gasteiger partial charge >= 0.3 is 0 Å². The molecule has 0 fully saturated rings. The zero-order chi connectivity index (χ0) is 11.5. The summed E-state index contributed by atoms with van der Waals surface area (Å²) in [6, 6.07) is 8.01. The average Bonchev–Trinajstić information content (AvgIpc) is 2.59. The quantitative estimate of drug-likeness (QED) is 0.864. The van der Waals surface area contributed by atoms with Crippen molar-refractivity contribution in [2.24, 2.45) is 7.05 Å². The van der Waals surface area contributed by atoms with E-state index >= 15 is 0 Å². The summed E-state index contributed by atoms with van der Waals surface area (Å²) >= 11 is 3.44. The SMILES string of the molecule is Cc1ccc(OCc2c(Br)cnn2C)cc1. The summed E-state index contributed by atoms with van der Waals surface area (Å²) < 4.78 is 8.45. The van der Waals surface area contributed by atoms with Gasteiger partial charge in [-0.3, -0.25) is 4.68 Å². The summed E-state index contributed by atoms with van der Waals surface area (Å²) in [4.78, 5) is 0. The second kappa shape index (κ2) is 4.70. The van der Waals surface area contributed by atoms with Crippen LogP contribution in [0, 0.1) is 6.92 Å². The lowest BCUT2D eigenvalue weighted by atomic mass is 10.2. The van der Waals surface area contributed by atoms with Crippen molar-refractivity contribution < 1.29 is 4.74 Å². The molecule has 3 nitrogen and oxygen atoms in total. The largest absolute Gasteiger partial charge is 0.487 e. The van der Waals surface area contributed by atoms with E-state index in [1.807, 2.05) is 31.3 Å². The van der Waals surface area contributed by atoms with E-state index in [-0.39, 0.29) is 0 Å². The van der Waals surface area contributed by atoms with E-state index in [2.05, 4.69) is 28.0 Å². The van der Waals surface area contributed by atoms with Crippen molar-refractivity contribution in [1.29, 1.82) is 0 Å². The van der Waals surface area contributed by atoms with Crippen molar-refractivity contribution in [3.05, 3.63) is 46.2 Å². The Morgan fingerprint density at radius 2 is 2.00 bits per heavy atom. The summed E-state index contributed by atoms with van der Waals surface area (Å²) in [6.45, 7) is 2.57. The van der Waals surface area contributed by atoms with Gasteiger partial charge in [-0.1, -0.05) is 17.7 Å². The standard InChI is InChI=1S/C12H13BrN2O/c1-9-3-5-10(6-4-9)16-8-12-11(13)7-14-15(12)2/h3-7H,8H2,1-2H3. The molecule has 0 bridgehead atoms. The zero-order valence-corrected chi connectivity index (χ0v) is 10.9. The number of aryl methyl sites for hydroxylation is 2. The van der Waals surface area contributed by atoms with Crippen molar-refractivity contribution in [2.45, 2.75) is 13.5 Å². The first-order chi connectivity index (χ1) is 7.66. The molecule has 2 aromatic rings. The maximum atomic E-state index is 5.68. The first-order valence-corrected chi connectivity index (χ1v) is 5.82. The molecule has 0 amide bonds. The van der Waals surface area contributed by atoms with Gasteiger partial charge < -0.3 is 4.74 Å². The van der Waals surface area contributed by atoms with Crippen LogP contribution in [-0.4, -0.2) is 9.78 Å². The van der Waals surface area contributed by atoms with Gasteiger partial charge in [-0.05, 0) is 35.0 Å². The van der Waals surface area contributed by atoms with Crippen LogP contribution in [0.25, 0.3) is 0 Å². The number of aromatic nitrogens is 2. The molecule has 0 unspecified atom stereocenters. The molecule has 0 aliphatic heterocycles. The van der Waals surface area contributed by atoms with Crippen LogP contribution in [0.4, 0.5) is 0 Å². The predicted molar refractivity (Wildman–Crippen MR) is 66.4 cm³/mol. The van der Waals surface area contributed by atoms with Crippen molar-refractivity contribution in [1.82, 2.24) is 9.78 Å². The monoisotopic (exact) mass is 280 g/mol. The molecule has 1 heterocycles. The molecule has 84 valence electrons. The molecule has 0 aliphatic rings. The Bertz CT molecular complexity index is 457. The van der Waals surface area contributed by atoms with E-state index in [0.717, 1.165) is 15.9 Å². The molecule has 4 heteroatoms. The number of halogens is 1. The van der Waals surface area contributed by atoms with Gasteiger partial charge in [0.05, 0.1) is 16.4 Å². The van der Waals surface area contributed by atoms with Gasteiger partial charge in [-0.25, -0.2) is 0 Å². The van der Waals surface area contributed by atoms with Crippen molar-refractivity contribution in [3.63, 3.8) is 0 Å². The summed E-state index contributed by atoms with van der Waals surface area (Å²) in [5.74, 6) is 0.874. The fourth-order valence-corrected chi connectivity index (χ4v) is 1.85. The minimum Gasteiger partial charge on any atom is -0.487 e. The molecule has 0 spiro atoms. The summed E-state index contributed by atoms with van der Waals surface area (Å²) in [7, 11) is 1.90.